The highest BCUT2D eigenvalue weighted by Crippen LogP contribution is 2.21. The van der Waals surface area contributed by atoms with E-state index in [-0.39, 0.29) is 0 Å². The van der Waals surface area contributed by atoms with Crippen LogP contribution in [0, 0.1) is 5.95 Å². The Morgan fingerprint density at radius 2 is 1.71 bits per heavy atom. The van der Waals surface area contributed by atoms with Crippen LogP contribution in [0.1, 0.15) is 0 Å². The predicted molar refractivity (Wildman–Crippen MR) is 54.6 cm³/mol. The third-order valence-corrected chi connectivity index (χ3v) is 2.16. The van der Waals surface area contributed by atoms with E-state index in [1.165, 1.54) is 12.3 Å². The second-order valence-electron chi connectivity index (χ2n) is 2.87. The highest BCUT2D eigenvalue weighted by molar-refractivity contribution is 6.30. The van der Waals surface area contributed by atoms with Crippen molar-refractivity contribution in [3.63, 3.8) is 0 Å². The van der Waals surface area contributed by atoms with Gasteiger partial charge in [-0.3, -0.25) is 0 Å². The van der Waals surface area contributed by atoms with Gasteiger partial charge in [-0.1, -0.05) is 23.7 Å². The summed E-state index contributed by atoms with van der Waals surface area (Å²) in [6.45, 7) is 0. The maximum atomic E-state index is 12.8. The van der Waals surface area contributed by atoms with Crippen LogP contribution in [0.3, 0.4) is 0 Å². The molecule has 0 aliphatic rings. The smallest absolute Gasteiger partial charge is 0.213 e. The predicted octanol–water partition coefficient (Wildman–Crippen LogP) is 3.54. The summed E-state index contributed by atoms with van der Waals surface area (Å²) in [5, 5.41) is 0.670. The summed E-state index contributed by atoms with van der Waals surface area (Å²) in [6, 6.07) is 10.4. The van der Waals surface area contributed by atoms with Crippen molar-refractivity contribution in [3.8, 4) is 11.1 Å². The maximum absolute atomic E-state index is 12.8. The number of aromatic nitrogens is 1. The van der Waals surface area contributed by atoms with E-state index in [1.54, 1.807) is 18.2 Å². The summed E-state index contributed by atoms with van der Waals surface area (Å²) >= 11 is 5.74. The molecule has 14 heavy (non-hydrogen) atoms. The topological polar surface area (TPSA) is 12.9 Å². The van der Waals surface area contributed by atoms with Crippen LogP contribution in [0.15, 0.2) is 42.6 Å². The second-order valence-corrected chi connectivity index (χ2v) is 3.31. The molecule has 2 aromatic rings. The Morgan fingerprint density at radius 3 is 2.36 bits per heavy atom. The first kappa shape index (κ1) is 9.16. The van der Waals surface area contributed by atoms with Gasteiger partial charge in [0.1, 0.15) is 0 Å². The lowest BCUT2D eigenvalue weighted by Gasteiger charge is -2.00. The van der Waals surface area contributed by atoms with E-state index in [9.17, 15) is 4.39 Å². The molecule has 2 rings (SSSR count). The summed E-state index contributed by atoms with van der Waals surface area (Å²) in [7, 11) is 0. The molecule has 0 unspecified atom stereocenters. The molecule has 0 atom stereocenters. The summed E-state index contributed by atoms with van der Waals surface area (Å²) in [6.07, 6.45) is 1.44. The minimum absolute atomic E-state index is 0.475. The van der Waals surface area contributed by atoms with E-state index in [2.05, 4.69) is 4.98 Å². The van der Waals surface area contributed by atoms with Gasteiger partial charge in [-0.2, -0.15) is 4.39 Å². The largest absolute Gasteiger partial charge is 0.228 e. The van der Waals surface area contributed by atoms with Crippen LogP contribution in [0.25, 0.3) is 11.1 Å². The van der Waals surface area contributed by atoms with Crippen molar-refractivity contribution in [2.45, 2.75) is 0 Å². The highest BCUT2D eigenvalue weighted by atomic mass is 35.5. The molecular formula is C11H7ClFN. The molecule has 0 amide bonds. The summed E-state index contributed by atoms with van der Waals surface area (Å²) in [5.41, 5.74) is 1.73. The summed E-state index contributed by atoms with van der Waals surface area (Å²) < 4.78 is 12.8. The fraction of sp³-hybridized carbons (Fsp3) is 0. The molecule has 0 bridgehead atoms. The van der Waals surface area contributed by atoms with Gasteiger partial charge < -0.3 is 0 Å². The molecule has 1 aromatic carbocycles. The van der Waals surface area contributed by atoms with Gasteiger partial charge in [0.15, 0.2) is 0 Å². The van der Waals surface area contributed by atoms with Gasteiger partial charge in [0.2, 0.25) is 5.95 Å². The molecule has 3 heteroatoms. The van der Waals surface area contributed by atoms with Crippen LogP contribution in [-0.2, 0) is 0 Å². The first-order valence-electron chi connectivity index (χ1n) is 4.13. The molecule has 0 spiro atoms. The number of halogens is 2. The quantitative estimate of drug-likeness (QED) is 0.652. The standard InChI is InChI=1S/C11H7ClFN/c12-10-3-1-8(2-4-10)9-5-6-14-11(13)7-9/h1-7H. The molecule has 1 aromatic heterocycles. The normalized spacial score (nSPS) is 10.1. The fourth-order valence-electron chi connectivity index (χ4n) is 1.22. The third kappa shape index (κ3) is 1.91. The molecule has 0 N–H and O–H groups in total. The molecule has 0 fully saturated rings. The van der Waals surface area contributed by atoms with Gasteiger partial charge >= 0.3 is 0 Å². The van der Waals surface area contributed by atoms with Gasteiger partial charge in [-0.15, -0.1) is 0 Å². The molecule has 0 saturated carbocycles. The van der Waals surface area contributed by atoms with E-state index in [4.69, 9.17) is 11.6 Å². The first-order valence-corrected chi connectivity index (χ1v) is 4.51. The van der Waals surface area contributed by atoms with E-state index in [0.29, 0.717) is 5.02 Å². The Bertz CT molecular complexity index is 439. The van der Waals surface area contributed by atoms with Crippen LogP contribution >= 0.6 is 11.6 Å². The van der Waals surface area contributed by atoms with Gasteiger partial charge in [0.25, 0.3) is 0 Å². The Balaban J connectivity index is 2.44. The Kier molecular flexibility index (Phi) is 2.46. The number of benzene rings is 1. The van der Waals surface area contributed by atoms with Crippen molar-refractivity contribution in [2.24, 2.45) is 0 Å². The Labute approximate surface area is 86.2 Å². The second kappa shape index (κ2) is 3.76. The lowest BCUT2D eigenvalue weighted by atomic mass is 10.1. The SMILES string of the molecule is Fc1cc(-c2ccc(Cl)cc2)ccn1. The number of rotatable bonds is 1. The van der Waals surface area contributed by atoms with Crippen LogP contribution < -0.4 is 0 Å². The molecule has 0 radical (unpaired) electrons. The van der Waals surface area contributed by atoms with Crippen molar-refractivity contribution < 1.29 is 4.39 Å². The molecule has 1 heterocycles. The van der Waals surface area contributed by atoms with E-state index >= 15 is 0 Å². The monoisotopic (exact) mass is 207 g/mol. The fourth-order valence-corrected chi connectivity index (χ4v) is 1.35. The Morgan fingerprint density at radius 1 is 1.00 bits per heavy atom. The summed E-state index contributed by atoms with van der Waals surface area (Å²) in [5.74, 6) is -0.475. The zero-order valence-electron chi connectivity index (χ0n) is 7.24. The zero-order valence-corrected chi connectivity index (χ0v) is 8.00. The molecule has 1 nitrogen and oxygen atoms in total. The van der Waals surface area contributed by atoms with Crippen molar-refractivity contribution in [3.05, 3.63) is 53.6 Å². The van der Waals surface area contributed by atoms with Gasteiger partial charge in [0, 0.05) is 17.3 Å². The van der Waals surface area contributed by atoms with Crippen molar-refractivity contribution in [1.82, 2.24) is 4.98 Å². The van der Waals surface area contributed by atoms with Gasteiger partial charge in [0.05, 0.1) is 0 Å². The molecule has 70 valence electrons. The first-order chi connectivity index (χ1) is 6.75. The lowest BCUT2D eigenvalue weighted by molar-refractivity contribution is 0.584. The molecule has 0 aliphatic heterocycles. The summed E-state index contributed by atoms with van der Waals surface area (Å²) in [4.78, 5) is 3.49. The average Bonchev–Trinajstić information content (AvgIpc) is 2.19. The van der Waals surface area contributed by atoms with Crippen LogP contribution in [0.2, 0.25) is 5.02 Å². The number of pyridine rings is 1. The zero-order chi connectivity index (χ0) is 9.97. The van der Waals surface area contributed by atoms with Gasteiger partial charge in [-0.05, 0) is 29.3 Å². The number of hydrogen-bond donors (Lipinski definition) is 0. The highest BCUT2D eigenvalue weighted by Gasteiger charge is 1.98. The number of hydrogen-bond acceptors (Lipinski definition) is 1. The van der Waals surface area contributed by atoms with E-state index in [0.717, 1.165) is 11.1 Å². The van der Waals surface area contributed by atoms with E-state index in [1.807, 2.05) is 12.1 Å². The molecule has 0 saturated heterocycles. The lowest BCUT2D eigenvalue weighted by Crippen LogP contribution is -1.83. The average molecular weight is 208 g/mol. The Hall–Kier alpha value is -1.41. The minimum Gasteiger partial charge on any atom is -0.228 e. The van der Waals surface area contributed by atoms with Crippen molar-refractivity contribution in [2.75, 3.05) is 0 Å². The number of nitrogens with zero attached hydrogens (tertiary/aromatic N) is 1. The maximum Gasteiger partial charge on any atom is 0.213 e. The van der Waals surface area contributed by atoms with Gasteiger partial charge in [-0.25, -0.2) is 4.98 Å². The molecular weight excluding hydrogens is 201 g/mol. The third-order valence-electron chi connectivity index (χ3n) is 1.90. The molecule has 0 aliphatic carbocycles. The van der Waals surface area contributed by atoms with E-state index < -0.39 is 5.95 Å². The van der Waals surface area contributed by atoms with Crippen molar-refractivity contribution >= 4 is 11.6 Å². The van der Waals surface area contributed by atoms with Crippen molar-refractivity contribution in [1.29, 1.82) is 0 Å². The minimum atomic E-state index is -0.475. The van der Waals surface area contributed by atoms with Crippen LogP contribution in [0.4, 0.5) is 4.39 Å². The van der Waals surface area contributed by atoms with Crippen LogP contribution in [0.5, 0.6) is 0 Å². The van der Waals surface area contributed by atoms with Crippen LogP contribution in [-0.4, -0.2) is 4.98 Å².